The van der Waals surface area contributed by atoms with Gasteiger partial charge in [0.15, 0.2) is 0 Å². The van der Waals surface area contributed by atoms with E-state index in [1.54, 1.807) is 0 Å². The van der Waals surface area contributed by atoms with E-state index in [9.17, 15) is 0 Å². The standard InChI is InChI=1S/C16H21NS/c1-11-5-4-7-13(9-11)16(17)15-10-12-6-2-3-8-14(12)18-15/h2-3,6,8,10-11,13,16H,4-5,7,9,17H2,1H3. The van der Waals surface area contributed by atoms with Crippen molar-refractivity contribution in [2.24, 2.45) is 17.6 Å². The van der Waals surface area contributed by atoms with Crippen molar-refractivity contribution < 1.29 is 0 Å². The van der Waals surface area contributed by atoms with Crippen LogP contribution >= 0.6 is 11.3 Å². The molecule has 0 aliphatic heterocycles. The molecule has 96 valence electrons. The van der Waals surface area contributed by atoms with Crippen LogP contribution in [0, 0.1) is 11.8 Å². The van der Waals surface area contributed by atoms with Crippen LogP contribution in [0.4, 0.5) is 0 Å². The van der Waals surface area contributed by atoms with Crippen LogP contribution in [-0.4, -0.2) is 0 Å². The van der Waals surface area contributed by atoms with Crippen LogP contribution in [0.3, 0.4) is 0 Å². The van der Waals surface area contributed by atoms with Crippen LogP contribution in [0.25, 0.3) is 10.1 Å². The third-order valence-corrected chi connectivity index (χ3v) is 5.48. The van der Waals surface area contributed by atoms with Crippen molar-refractivity contribution in [3.05, 3.63) is 35.2 Å². The predicted octanol–water partition coefficient (Wildman–Crippen LogP) is 4.73. The second-order valence-electron chi connectivity index (χ2n) is 5.74. The summed E-state index contributed by atoms with van der Waals surface area (Å²) < 4.78 is 1.37. The van der Waals surface area contributed by atoms with Crippen LogP contribution in [0.2, 0.25) is 0 Å². The van der Waals surface area contributed by atoms with Gasteiger partial charge in [0.2, 0.25) is 0 Å². The quantitative estimate of drug-likeness (QED) is 0.829. The number of thiophene rings is 1. The summed E-state index contributed by atoms with van der Waals surface area (Å²) in [7, 11) is 0. The lowest BCUT2D eigenvalue weighted by atomic mass is 9.78. The molecule has 3 atom stereocenters. The first-order valence-corrected chi connectivity index (χ1v) is 7.80. The average molecular weight is 259 g/mol. The zero-order valence-electron chi connectivity index (χ0n) is 10.9. The maximum atomic E-state index is 6.51. The van der Waals surface area contributed by atoms with Crippen molar-refractivity contribution in [1.29, 1.82) is 0 Å². The number of hydrogen-bond donors (Lipinski definition) is 1. The average Bonchev–Trinajstić information content (AvgIpc) is 2.81. The molecule has 1 heterocycles. The van der Waals surface area contributed by atoms with E-state index in [1.165, 1.54) is 40.6 Å². The van der Waals surface area contributed by atoms with Gasteiger partial charge in [-0.1, -0.05) is 38.0 Å². The Morgan fingerprint density at radius 2 is 2.11 bits per heavy atom. The minimum atomic E-state index is 0.241. The Labute approximate surface area is 113 Å². The molecule has 1 aliphatic carbocycles. The van der Waals surface area contributed by atoms with Crippen molar-refractivity contribution in [2.75, 3.05) is 0 Å². The van der Waals surface area contributed by atoms with Crippen LogP contribution in [0.15, 0.2) is 30.3 Å². The fraction of sp³-hybridized carbons (Fsp3) is 0.500. The third-order valence-electron chi connectivity index (χ3n) is 4.26. The number of hydrogen-bond acceptors (Lipinski definition) is 2. The summed E-state index contributed by atoms with van der Waals surface area (Å²) in [5.41, 5.74) is 6.51. The minimum absolute atomic E-state index is 0.241. The molecule has 0 amide bonds. The van der Waals surface area contributed by atoms with Gasteiger partial charge in [-0.05, 0) is 42.2 Å². The zero-order chi connectivity index (χ0) is 12.5. The van der Waals surface area contributed by atoms with E-state index >= 15 is 0 Å². The molecular weight excluding hydrogens is 238 g/mol. The molecule has 2 aromatic rings. The third kappa shape index (κ3) is 2.32. The Morgan fingerprint density at radius 1 is 1.28 bits per heavy atom. The van der Waals surface area contributed by atoms with Crippen molar-refractivity contribution in [3.8, 4) is 0 Å². The lowest BCUT2D eigenvalue weighted by molar-refractivity contribution is 0.249. The highest BCUT2D eigenvalue weighted by Gasteiger charge is 2.26. The molecule has 3 unspecified atom stereocenters. The summed E-state index contributed by atoms with van der Waals surface area (Å²) in [6.45, 7) is 2.36. The van der Waals surface area contributed by atoms with Gasteiger partial charge in [-0.15, -0.1) is 11.3 Å². The first kappa shape index (κ1) is 12.2. The molecule has 1 nitrogen and oxygen atoms in total. The smallest absolute Gasteiger partial charge is 0.0418 e. The maximum Gasteiger partial charge on any atom is 0.0418 e. The minimum Gasteiger partial charge on any atom is -0.323 e. The van der Waals surface area contributed by atoms with E-state index < -0.39 is 0 Å². The first-order valence-electron chi connectivity index (χ1n) is 6.98. The van der Waals surface area contributed by atoms with Crippen LogP contribution in [0.1, 0.15) is 43.5 Å². The largest absolute Gasteiger partial charge is 0.323 e. The Hall–Kier alpha value is -0.860. The molecule has 2 N–H and O–H groups in total. The molecule has 3 rings (SSSR count). The van der Waals surface area contributed by atoms with E-state index in [0.717, 1.165) is 5.92 Å². The predicted molar refractivity (Wildman–Crippen MR) is 79.9 cm³/mol. The van der Waals surface area contributed by atoms with Gasteiger partial charge in [-0.25, -0.2) is 0 Å². The topological polar surface area (TPSA) is 26.0 Å². The molecule has 1 saturated carbocycles. The Balaban J connectivity index is 1.84. The number of rotatable bonds is 2. The second kappa shape index (κ2) is 5.02. The highest BCUT2D eigenvalue weighted by atomic mass is 32.1. The molecule has 1 aliphatic rings. The van der Waals surface area contributed by atoms with Gasteiger partial charge in [0.25, 0.3) is 0 Å². The highest BCUT2D eigenvalue weighted by molar-refractivity contribution is 7.19. The molecule has 0 bridgehead atoms. The SMILES string of the molecule is CC1CCCC(C(N)c2cc3ccccc3s2)C1. The lowest BCUT2D eigenvalue weighted by Gasteiger charge is -2.30. The summed E-state index contributed by atoms with van der Waals surface area (Å²) in [6, 6.07) is 11.1. The molecule has 1 aromatic heterocycles. The summed E-state index contributed by atoms with van der Waals surface area (Å²) >= 11 is 1.88. The van der Waals surface area contributed by atoms with Crippen LogP contribution in [0.5, 0.6) is 0 Å². The fourth-order valence-electron chi connectivity index (χ4n) is 3.21. The van der Waals surface area contributed by atoms with E-state index in [4.69, 9.17) is 5.73 Å². The molecule has 1 aromatic carbocycles. The van der Waals surface area contributed by atoms with E-state index in [0.29, 0.717) is 5.92 Å². The van der Waals surface area contributed by atoms with Crippen molar-refractivity contribution in [3.63, 3.8) is 0 Å². The molecular formula is C16H21NS. The van der Waals surface area contributed by atoms with E-state index in [2.05, 4.69) is 37.3 Å². The number of nitrogens with two attached hydrogens (primary N) is 1. The van der Waals surface area contributed by atoms with Crippen molar-refractivity contribution in [1.82, 2.24) is 0 Å². The second-order valence-corrected chi connectivity index (χ2v) is 6.86. The van der Waals surface area contributed by atoms with Gasteiger partial charge in [-0.2, -0.15) is 0 Å². The maximum absolute atomic E-state index is 6.51. The molecule has 0 spiro atoms. The van der Waals surface area contributed by atoms with Gasteiger partial charge in [0.1, 0.15) is 0 Å². The van der Waals surface area contributed by atoms with E-state index in [1.807, 2.05) is 11.3 Å². The number of fused-ring (bicyclic) bond motifs is 1. The Bertz CT molecular complexity index is 498. The lowest BCUT2D eigenvalue weighted by Crippen LogP contribution is -2.25. The fourth-order valence-corrected chi connectivity index (χ4v) is 4.37. The van der Waals surface area contributed by atoms with E-state index in [-0.39, 0.29) is 6.04 Å². The molecule has 2 heteroatoms. The summed E-state index contributed by atoms with van der Waals surface area (Å²) in [6.07, 6.45) is 5.34. The normalized spacial score (nSPS) is 26.3. The highest BCUT2D eigenvalue weighted by Crippen LogP contribution is 2.39. The van der Waals surface area contributed by atoms with Crippen molar-refractivity contribution >= 4 is 21.4 Å². The molecule has 18 heavy (non-hydrogen) atoms. The molecule has 0 radical (unpaired) electrons. The van der Waals surface area contributed by atoms with Crippen molar-refractivity contribution in [2.45, 2.75) is 38.6 Å². The monoisotopic (exact) mass is 259 g/mol. The zero-order valence-corrected chi connectivity index (χ0v) is 11.7. The first-order chi connectivity index (χ1) is 8.74. The Kier molecular flexibility index (Phi) is 3.40. The number of benzene rings is 1. The van der Waals surface area contributed by atoms with Gasteiger partial charge in [-0.3, -0.25) is 0 Å². The summed E-state index contributed by atoms with van der Waals surface area (Å²) in [5.74, 6) is 1.53. The molecule has 0 saturated heterocycles. The molecule has 1 fully saturated rings. The van der Waals surface area contributed by atoms with Gasteiger partial charge >= 0.3 is 0 Å². The summed E-state index contributed by atoms with van der Waals surface area (Å²) in [4.78, 5) is 1.37. The summed E-state index contributed by atoms with van der Waals surface area (Å²) in [5, 5.41) is 1.34. The van der Waals surface area contributed by atoms with Crippen LogP contribution < -0.4 is 5.73 Å². The van der Waals surface area contributed by atoms with Gasteiger partial charge in [0.05, 0.1) is 0 Å². The van der Waals surface area contributed by atoms with Gasteiger partial charge in [0, 0.05) is 15.6 Å². The van der Waals surface area contributed by atoms with Gasteiger partial charge < -0.3 is 5.73 Å². The Morgan fingerprint density at radius 3 is 2.89 bits per heavy atom. The van der Waals surface area contributed by atoms with Crippen LogP contribution in [-0.2, 0) is 0 Å².